The molecule has 26 heavy (non-hydrogen) atoms. The fraction of sp³-hybridized carbons (Fsp3) is 0.833. The fourth-order valence-electron chi connectivity index (χ4n) is 3.59. The third-order valence-electron chi connectivity index (χ3n) is 4.45. The van der Waals surface area contributed by atoms with E-state index >= 15 is 0 Å². The summed E-state index contributed by atoms with van der Waals surface area (Å²) in [6.45, 7) is 11.2. The van der Waals surface area contributed by atoms with Crippen molar-refractivity contribution in [1.29, 1.82) is 0 Å². The molecule has 0 aliphatic carbocycles. The second kappa shape index (κ2) is 13.4. The van der Waals surface area contributed by atoms with Crippen molar-refractivity contribution in [2.75, 3.05) is 32.8 Å². The molecule has 0 aromatic heterocycles. The predicted octanol–water partition coefficient (Wildman–Crippen LogP) is 3.41. The zero-order valence-electron chi connectivity index (χ0n) is 16.7. The third kappa shape index (κ3) is 10.4. The third-order valence-corrected chi connectivity index (χ3v) is 4.93. The molecule has 1 unspecified atom stereocenters. The lowest BCUT2D eigenvalue weighted by Crippen LogP contribution is -2.58. The zero-order valence-corrected chi connectivity index (χ0v) is 17.6. The minimum atomic E-state index is -4.51. The van der Waals surface area contributed by atoms with Gasteiger partial charge in [-0.25, -0.2) is 9.36 Å². The molecular weight excluding hydrogens is 357 g/mol. The van der Waals surface area contributed by atoms with Gasteiger partial charge in [0.1, 0.15) is 12.6 Å². The lowest BCUT2D eigenvalue weighted by molar-refractivity contribution is -0.952. The number of ether oxygens (including phenoxy) is 1. The summed E-state index contributed by atoms with van der Waals surface area (Å²) >= 11 is 0. The van der Waals surface area contributed by atoms with E-state index in [1.54, 1.807) is 13.0 Å². The van der Waals surface area contributed by atoms with Crippen LogP contribution in [-0.2, 0) is 18.6 Å². The molecule has 1 atom stereocenters. The van der Waals surface area contributed by atoms with Gasteiger partial charge in [-0.05, 0) is 32.6 Å². The van der Waals surface area contributed by atoms with Crippen molar-refractivity contribution in [3.8, 4) is 0 Å². The van der Waals surface area contributed by atoms with Crippen LogP contribution in [0.25, 0.3) is 0 Å². The number of phosphoric acid groups is 1. The van der Waals surface area contributed by atoms with Crippen LogP contribution in [0.1, 0.15) is 59.8 Å². The van der Waals surface area contributed by atoms with E-state index in [1.807, 2.05) is 0 Å². The van der Waals surface area contributed by atoms with E-state index in [4.69, 9.17) is 19.0 Å². The highest BCUT2D eigenvalue weighted by molar-refractivity contribution is 7.46. The van der Waals surface area contributed by atoms with Crippen LogP contribution in [0, 0.1) is 0 Å². The molecule has 154 valence electrons. The highest BCUT2D eigenvalue weighted by Gasteiger charge is 2.36. The average Bonchev–Trinajstić information content (AvgIpc) is 2.54. The van der Waals surface area contributed by atoms with Gasteiger partial charge in [0.05, 0.1) is 26.2 Å². The Balaban J connectivity index is 5.12. The number of nitrogens with zero attached hydrogens (tertiary/aromatic N) is 1. The highest BCUT2D eigenvalue weighted by atomic mass is 31.2. The van der Waals surface area contributed by atoms with E-state index in [1.165, 1.54) is 6.08 Å². The monoisotopic (exact) mass is 394 g/mol. The first-order valence-electron chi connectivity index (χ1n) is 9.59. The van der Waals surface area contributed by atoms with Crippen molar-refractivity contribution in [2.45, 2.75) is 65.8 Å². The first-order valence-corrected chi connectivity index (χ1v) is 11.1. The molecule has 0 bridgehead atoms. The summed E-state index contributed by atoms with van der Waals surface area (Å²) in [5.74, 6) is -0.369. The number of carbonyl (C=O) groups is 1. The average molecular weight is 394 g/mol. The van der Waals surface area contributed by atoms with Crippen LogP contribution in [0.4, 0.5) is 0 Å². The predicted molar refractivity (Wildman–Crippen MR) is 103 cm³/mol. The summed E-state index contributed by atoms with van der Waals surface area (Å²) in [7, 11) is -4.51. The molecule has 0 saturated carbocycles. The number of carbonyl (C=O) groups excluding carboxylic acids is 1. The Bertz CT molecular complexity index is 446. The summed E-state index contributed by atoms with van der Waals surface area (Å²) in [4.78, 5) is 29.7. The Morgan fingerprint density at radius 1 is 1.12 bits per heavy atom. The van der Waals surface area contributed by atoms with E-state index < -0.39 is 7.82 Å². The first kappa shape index (κ1) is 25.3. The Morgan fingerprint density at radius 2 is 1.65 bits per heavy atom. The molecule has 0 aromatic carbocycles. The second-order valence-electron chi connectivity index (χ2n) is 6.64. The van der Waals surface area contributed by atoms with Crippen molar-refractivity contribution in [1.82, 2.24) is 0 Å². The van der Waals surface area contributed by atoms with Crippen molar-refractivity contribution in [3.05, 3.63) is 12.2 Å². The molecule has 7 nitrogen and oxygen atoms in total. The smallest absolute Gasteiger partial charge is 0.463 e. The van der Waals surface area contributed by atoms with E-state index in [-0.39, 0.29) is 18.6 Å². The molecule has 0 saturated heterocycles. The van der Waals surface area contributed by atoms with Gasteiger partial charge in [-0.2, -0.15) is 0 Å². The van der Waals surface area contributed by atoms with Crippen molar-refractivity contribution < 1.29 is 32.9 Å². The Morgan fingerprint density at radius 3 is 2.08 bits per heavy atom. The maximum Gasteiger partial charge on any atom is 0.469 e. The van der Waals surface area contributed by atoms with Crippen LogP contribution in [0.15, 0.2) is 12.2 Å². The normalized spacial score (nSPS) is 13.9. The van der Waals surface area contributed by atoms with Gasteiger partial charge < -0.3 is 19.0 Å². The summed E-state index contributed by atoms with van der Waals surface area (Å²) in [5.41, 5.74) is 0. The number of phosphoric ester groups is 1. The van der Waals surface area contributed by atoms with Crippen LogP contribution < -0.4 is 0 Å². The molecule has 8 heteroatoms. The first-order chi connectivity index (χ1) is 12.2. The van der Waals surface area contributed by atoms with Crippen LogP contribution in [0.2, 0.25) is 0 Å². The van der Waals surface area contributed by atoms with Gasteiger partial charge in [0, 0.05) is 12.5 Å². The minimum absolute atomic E-state index is 0.00703. The molecule has 0 radical (unpaired) electrons. The summed E-state index contributed by atoms with van der Waals surface area (Å²) in [6, 6.07) is -0.0390. The number of hydrogen-bond donors (Lipinski definition) is 2. The lowest BCUT2D eigenvalue weighted by Gasteiger charge is -2.45. The zero-order chi connectivity index (χ0) is 20.1. The Labute approximate surface area is 158 Å². The molecule has 0 rings (SSSR count). The Hall–Kier alpha value is -0.720. The molecule has 0 aliphatic heterocycles. The topological polar surface area (TPSA) is 93.1 Å². The van der Waals surface area contributed by atoms with Crippen LogP contribution in [0.5, 0.6) is 0 Å². The van der Waals surface area contributed by atoms with E-state index in [2.05, 4.69) is 20.8 Å². The number of esters is 1. The molecule has 0 amide bonds. The van der Waals surface area contributed by atoms with Gasteiger partial charge in [-0.3, -0.25) is 4.52 Å². The SMILES string of the molecule is CC=CC(=O)OCCCC(COP(=O)(O)O)[N+](CCC)(CCC)CCC. The lowest BCUT2D eigenvalue weighted by atomic mass is 10.0. The fourth-order valence-corrected chi connectivity index (χ4v) is 3.96. The molecule has 0 fully saturated rings. The van der Waals surface area contributed by atoms with Crippen molar-refractivity contribution in [3.63, 3.8) is 0 Å². The van der Waals surface area contributed by atoms with Gasteiger partial charge >= 0.3 is 13.8 Å². The Kier molecular flexibility index (Phi) is 13.1. The standard InChI is InChI=1S/C18H36NO6P/c1-5-10-18(20)24-15-9-11-17(16-25-26(21,22)23)19(12-6-2,13-7-3)14-8-4/h5,10,17H,6-9,11-16H2,1-4H3,(H-,21,22,23)/p+1. The van der Waals surface area contributed by atoms with E-state index in [9.17, 15) is 9.36 Å². The number of hydrogen-bond acceptors (Lipinski definition) is 4. The molecule has 0 aliphatic rings. The van der Waals surface area contributed by atoms with Crippen LogP contribution in [-0.4, -0.2) is 59.1 Å². The van der Waals surface area contributed by atoms with E-state index in [0.717, 1.165) is 43.4 Å². The van der Waals surface area contributed by atoms with Crippen LogP contribution in [0.3, 0.4) is 0 Å². The van der Waals surface area contributed by atoms with Gasteiger partial charge in [-0.1, -0.05) is 26.8 Å². The summed E-state index contributed by atoms with van der Waals surface area (Å²) in [6.07, 6.45) is 7.29. The maximum absolute atomic E-state index is 11.4. The minimum Gasteiger partial charge on any atom is -0.463 e. The molecular formula is C18H37NO6P+. The second-order valence-corrected chi connectivity index (χ2v) is 7.88. The van der Waals surface area contributed by atoms with Crippen molar-refractivity contribution in [2.24, 2.45) is 0 Å². The van der Waals surface area contributed by atoms with Crippen LogP contribution >= 0.6 is 7.82 Å². The number of allylic oxidation sites excluding steroid dienone is 1. The van der Waals surface area contributed by atoms with Crippen molar-refractivity contribution >= 4 is 13.8 Å². The summed E-state index contributed by atoms with van der Waals surface area (Å²) < 4.78 is 22.0. The van der Waals surface area contributed by atoms with Gasteiger partial charge in [0.25, 0.3) is 0 Å². The molecule has 2 N–H and O–H groups in total. The number of quaternary nitrogens is 1. The summed E-state index contributed by atoms with van der Waals surface area (Å²) in [5, 5.41) is 0. The maximum atomic E-state index is 11.4. The van der Waals surface area contributed by atoms with E-state index in [0.29, 0.717) is 19.4 Å². The number of rotatable bonds is 15. The van der Waals surface area contributed by atoms with Gasteiger partial charge in [0.15, 0.2) is 0 Å². The van der Waals surface area contributed by atoms with Gasteiger partial charge in [0.2, 0.25) is 0 Å². The quantitative estimate of drug-likeness (QED) is 0.145. The van der Waals surface area contributed by atoms with Gasteiger partial charge in [-0.15, -0.1) is 0 Å². The highest BCUT2D eigenvalue weighted by Crippen LogP contribution is 2.37. The molecule has 0 heterocycles. The molecule has 0 spiro atoms. The molecule has 0 aromatic rings. The largest absolute Gasteiger partial charge is 0.469 e.